The molecule has 0 amide bonds. The summed E-state index contributed by atoms with van der Waals surface area (Å²) in [5.74, 6) is 2.60. The van der Waals surface area contributed by atoms with Gasteiger partial charge in [0.1, 0.15) is 28.5 Å². The van der Waals surface area contributed by atoms with E-state index >= 15 is 0 Å². The SMILES string of the molecule is CC1(C)C=Cc2c(cc3c4c(nn3CCN3CCCCC3)-c3ccccc3Oc24)O1. The molecule has 154 valence electrons. The zero-order valence-corrected chi connectivity index (χ0v) is 17.6. The molecule has 1 aromatic heterocycles. The molecule has 1 fully saturated rings. The molecule has 0 N–H and O–H groups in total. The molecule has 2 aromatic carbocycles. The van der Waals surface area contributed by atoms with Crippen LogP contribution in [0.3, 0.4) is 0 Å². The summed E-state index contributed by atoms with van der Waals surface area (Å²) in [6.45, 7) is 8.45. The van der Waals surface area contributed by atoms with Gasteiger partial charge in [-0.3, -0.25) is 4.68 Å². The summed E-state index contributed by atoms with van der Waals surface area (Å²) in [6, 6.07) is 10.3. The van der Waals surface area contributed by atoms with Gasteiger partial charge in [-0.2, -0.15) is 5.10 Å². The first kappa shape index (κ1) is 18.0. The van der Waals surface area contributed by atoms with Gasteiger partial charge in [0, 0.05) is 18.2 Å². The molecule has 0 bridgehead atoms. The van der Waals surface area contributed by atoms with Crippen molar-refractivity contribution in [1.29, 1.82) is 0 Å². The lowest BCUT2D eigenvalue weighted by Gasteiger charge is -2.30. The predicted octanol–water partition coefficient (Wildman–Crippen LogP) is 5.48. The number of rotatable bonds is 3. The highest BCUT2D eigenvalue weighted by molar-refractivity contribution is 6.04. The molecule has 3 aliphatic rings. The number of likely N-dealkylation sites (tertiary alicyclic amines) is 1. The van der Waals surface area contributed by atoms with Gasteiger partial charge in [0.15, 0.2) is 0 Å². The number of nitrogens with zero attached hydrogens (tertiary/aromatic N) is 3. The van der Waals surface area contributed by atoms with Crippen LogP contribution in [-0.2, 0) is 6.54 Å². The minimum Gasteiger partial charge on any atom is -0.483 e. The van der Waals surface area contributed by atoms with Gasteiger partial charge in [-0.15, -0.1) is 0 Å². The van der Waals surface area contributed by atoms with E-state index < -0.39 is 0 Å². The molecule has 0 radical (unpaired) electrons. The lowest BCUT2D eigenvalue weighted by molar-refractivity contribution is 0.158. The molecule has 0 atom stereocenters. The second-order valence-electron chi connectivity index (χ2n) is 9.12. The van der Waals surface area contributed by atoms with Crippen molar-refractivity contribution in [3.63, 3.8) is 0 Å². The van der Waals surface area contributed by atoms with E-state index in [1.807, 2.05) is 12.1 Å². The molecule has 5 heteroatoms. The maximum absolute atomic E-state index is 6.43. The van der Waals surface area contributed by atoms with Crippen molar-refractivity contribution in [3.05, 3.63) is 42.0 Å². The highest BCUT2D eigenvalue weighted by atomic mass is 16.5. The fourth-order valence-corrected chi connectivity index (χ4v) is 4.88. The van der Waals surface area contributed by atoms with Crippen LogP contribution in [0.25, 0.3) is 28.2 Å². The minimum absolute atomic E-state index is 0.332. The van der Waals surface area contributed by atoms with Crippen LogP contribution in [0, 0.1) is 0 Å². The zero-order chi connectivity index (χ0) is 20.3. The van der Waals surface area contributed by atoms with E-state index in [0.717, 1.165) is 58.1 Å². The Morgan fingerprint density at radius 3 is 2.73 bits per heavy atom. The summed E-state index contributed by atoms with van der Waals surface area (Å²) < 4.78 is 14.9. The third-order valence-corrected chi connectivity index (χ3v) is 6.45. The van der Waals surface area contributed by atoms with Crippen molar-refractivity contribution in [2.24, 2.45) is 0 Å². The van der Waals surface area contributed by atoms with E-state index in [9.17, 15) is 0 Å². The Morgan fingerprint density at radius 1 is 1.03 bits per heavy atom. The molecule has 0 aliphatic carbocycles. The fraction of sp³-hybridized carbons (Fsp3) is 0.400. The summed E-state index contributed by atoms with van der Waals surface area (Å²) in [5, 5.41) is 6.18. The Labute approximate surface area is 176 Å². The van der Waals surface area contributed by atoms with E-state index in [4.69, 9.17) is 14.6 Å². The van der Waals surface area contributed by atoms with Gasteiger partial charge in [-0.25, -0.2) is 0 Å². The summed E-state index contributed by atoms with van der Waals surface area (Å²) in [6.07, 6.45) is 8.20. The largest absolute Gasteiger partial charge is 0.483 e. The third-order valence-electron chi connectivity index (χ3n) is 6.45. The van der Waals surface area contributed by atoms with Crippen LogP contribution < -0.4 is 9.47 Å². The predicted molar refractivity (Wildman–Crippen MR) is 119 cm³/mol. The molecule has 0 spiro atoms. The summed E-state index contributed by atoms with van der Waals surface area (Å²) in [4.78, 5) is 2.56. The quantitative estimate of drug-likeness (QED) is 0.456. The van der Waals surface area contributed by atoms with E-state index in [1.165, 1.54) is 32.4 Å². The molecule has 6 rings (SSSR count). The molecule has 0 saturated carbocycles. The van der Waals surface area contributed by atoms with Crippen LogP contribution in [0.1, 0.15) is 38.7 Å². The average molecular weight is 402 g/mol. The number of piperidine rings is 1. The molecule has 0 unspecified atom stereocenters. The second-order valence-corrected chi connectivity index (χ2v) is 9.12. The van der Waals surface area contributed by atoms with Crippen molar-refractivity contribution in [2.75, 3.05) is 19.6 Å². The van der Waals surface area contributed by atoms with Crippen molar-refractivity contribution in [2.45, 2.75) is 45.3 Å². The van der Waals surface area contributed by atoms with Crippen LogP contribution >= 0.6 is 0 Å². The number of aromatic nitrogens is 2. The number of hydrogen-bond donors (Lipinski definition) is 0. The molecule has 3 aliphatic heterocycles. The molecule has 1 saturated heterocycles. The molecule has 4 heterocycles. The smallest absolute Gasteiger partial charge is 0.150 e. The lowest BCUT2D eigenvalue weighted by Crippen LogP contribution is -2.32. The van der Waals surface area contributed by atoms with Crippen LogP contribution in [0.5, 0.6) is 17.2 Å². The Balaban J connectivity index is 1.50. The maximum Gasteiger partial charge on any atom is 0.150 e. The first-order valence-electron chi connectivity index (χ1n) is 11.0. The summed E-state index contributed by atoms with van der Waals surface area (Å²) >= 11 is 0. The van der Waals surface area contributed by atoms with E-state index in [1.54, 1.807) is 0 Å². The Bertz CT molecular complexity index is 1170. The highest BCUT2D eigenvalue weighted by Gasteiger charge is 2.32. The number of benzene rings is 2. The molecule has 3 aromatic rings. The van der Waals surface area contributed by atoms with Crippen LogP contribution in [0.4, 0.5) is 0 Å². The minimum atomic E-state index is -0.332. The van der Waals surface area contributed by atoms with Gasteiger partial charge in [0.05, 0.1) is 23.0 Å². The molecule has 5 nitrogen and oxygen atoms in total. The van der Waals surface area contributed by atoms with Gasteiger partial charge >= 0.3 is 0 Å². The van der Waals surface area contributed by atoms with Crippen molar-refractivity contribution in [3.8, 4) is 28.5 Å². The van der Waals surface area contributed by atoms with Gasteiger partial charge in [0.2, 0.25) is 0 Å². The van der Waals surface area contributed by atoms with E-state index in [2.05, 4.69) is 53.8 Å². The van der Waals surface area contributed by atoms with E-state index in [0.29, 0.717) is 0 Å². The topological polar surface area (TPSA) is 39.5 Å². The number of hydrogen-bond acceptors (Lipinski definition) is 4. The van der Waals surface area contributed by atoms with Crippen molar-refractivity contribution in [1.82, 2.24) is 14.7 Å². The van der Waals surface area contributed by atoms with Crippen LogP contribution in [0.2, 0.25) is 0 Å². The standard InChI is InChI=1S/C25H27N3O2/c1-25(2)11-10-18-21(30-25)16-19-22-23(17-8-4-5-9-20(17)29-24(18)22)26-28(19)15-14-27-12-6-3-7-13-27/h4-5,8-11,16H,3,6-7,12-15H2,1-2H3. The molecular formula is C25H27N3O2. The first-order chi connectivity index (χ1) is 14.6. The Hall–Kier alpha value is -2.79. The number of ether oxygens (including phenoxy) is 2. The fourth-order valence-electron chi connectivity index (χ4n) is 4.88. The van der Waals surface area contributed by atoms with Gasteiger partial charge < -0.3 is 14.4 Å². The van der Waals surface area contributed by atoms with E-state index in [-0.39, 0.29) is 5.60 Å². The number of fused-ring (bicyclic) bond motifs is 4. The second kappa shape index (κ2) is 6.61. The van der Waals surface area contributed by atoms with Crippen LogP contribution in [0.15, 0.2) is 36.4 Å². The summed E-state index contributed by atoms with van der Waals surface area (Å²) in [5.41, 5.74) is 3.85. The molecular weight excluding hydrogens is 374 g/mol. The van der Waals surface area contributed by atoms with Crippen LogP contribution in [-0.4, -0.2) is 39.9 Å². The first-order valence-corrected chi connectivity index (χ1v) is 11.0. The van der Waals surface area contributed by atoms with Crippen molar-refractivity contribution >= 4 is 17.0 Å². The maximum atomic E-state index is 6.43. The van der Waals surface area contributed by atoms with Gasteiger partial charge in [-0.1, -0.05) is 18.6 Å². The normalized spacial score (nSPS) is 19.1. The lowest BCUT2D eigenvalue weighted by atomic mass is 9.96. The number of para-hydroxylation sites is 1. The monoisotopic (exact) mass is 401 g/mol. The highest BCUT2D eigenvalue weighted by Crippen LogP contribution is 2.51. The van der Waals surface area contributed by atoms with Gasteiger partial charge in [0.25, 0.3) is 0 Å². The summed E-state index contributed by atoms with van der Waals surface area (Å²) in [7, 11) is 0. The zero-order valence-electron chi connectivity index (χ0n) is 17.6. The van der Waals surface area contributed by atoms with Gasteiger partial charge in [-0.05, 0) is 64.1 Å². The third kappa shape index (κ3) is 2.83. The average Bonchev–Trinajstić information content (AvgIpc) is 3.11. The van der Waals surface area contributed by atoms with Crippen molar-refractivity contribution < 1.29 is 9.47 Å². The molecule has 30 heavy (non-hydrogen) atoms. The Kier molecular flexibility index (Phi) is 3.97. The Morgan fingerprint density at radius 2 is 1.87 bits per heavy atom.